The zero-order valence-electron chi connectivity index (χ0n) is 18.0. The molecule has 2 aliphatic carbocycles. The Balaban J connectivity index is 0.000000336. The average Bonchev–Trinajstić information content (AvgIpc) is 3.35. The summed E-state index contributed by atoms with van der Waals surface area (Å²) in [4.78, 5) is 21.7. The van der Waals surface area contributed by atoms with Crippen molar-refractivity contribution in [3.8, 4) is 0 Å². The number of esters is 1. The number of methoxy groups -OCH3 is 1. The quantitative estimate of drug-likeness (QED) is 0.258. The lowest BCUT2D eigenvalue weighted by atomic mass is 10.0. The van der Waals surface area contributed by atoms with Gasteiger partial charge in [-0.3, -0.25) is 9.59 Å². The van der Waals surface area contributed by atoms with Gasteiger partial charge in [0.25, 0.3) is 0 Å². The third-order valence-electron chi connectivity index (χ3n) is 5.13. The summed E-state index contributed by atoms with van der Waals surface area (Å²) in [5.41, 5.74) is 1.51. The SMILES string of the molecule is C/C=C\CCCC(=O)OC.CC(/C=C/C1=CCCC1)C/C=C/C1CCC(=O)C1. The van der Waals surface area contributed by atoms with Gasteiger partial charge in [-0.1, -0.05) is 55.0 Å². The number of hydrogen-bond donors (Lipinski definition) is 0. The van der Waals surface area contributed by atoms with Gasteiger partial charge < -0.3 is 4.74 Å². The number of hydrogen-bond acceptors (Lipinski definition) is 3. The second-order valence-electron chi connectivity index (χ2n) is 7.75. The van der Waals surface area contributed by atoms with E-state index in [9.17, 15) is 9.59 Å². The standard InChI is InChI=1S/C17H24O.C8H14O2/c1-14(9-10-15-6-2-3-7-15)5-4-8-16-11-12-17(18)13-16;1-3-4-5-6-7-8(9)10-2/h4,6,8-10,14,16H,2-3,5,7,11-13H2,1H3;3-4H,5-7H2,1-2H3/b8-4+,10-9+;4-3-. The van der Waals surface area contributed by atoms with Crippen LogP contribution in [0.3, 0.4) is 0 Å². The van der Waals surface area contributed by atoms with Gasteiger partial charge in [0.1, 0.15) is 5.78 Å². The molecule has 0 aromatic heterocycles. The minimum absolute atomic E-state index is 0.121. The van der Waals surface area contributed by atoms with Crippen molar-refractivity contribution in [2.45, 2.75) is 78.1 Å². The highest BCUT2D eigenvalue weighted by atomic mass is 16.5. The Hall–Kier alpha value is -1.90. The highest BCUT2D eigenvalue weighted by molar-refractivity contribution is 5.80. The van der Waals surface area contributed by atoms with Crippen LogP contribution < -0.4 is 0 Å². The first kappa shape index (κ1) is 24.1. The minimum Gasteiger partial charge on any atom is -0.469 e. The van der Waals surface area contributed by atoms with Crippen molar-refractivity contribution in [2.75, 3.05) is 7.11 Å². The van der Waals surface area contributed by atoms with Gasteiger partial charge in [0.15, 0.2) is 0 Å². The molecule has 0 heterocycles. The fourth-order valence-corrected chi connectivity index (χ4v) is 3.34. The number of ether oxygens (including phenoxy) is 1. The van der Waals surface area contributed by atoms with E-state index in [0.717, 1.165) is 38.5 Å². The molecule has 28 heavy (non-hydrogen) atoms. The Morgan fingerprint density at radius 3 is 2.75 bits per heavy atom. The van der Waals surface area contributed by atoms with Crippen molar-refractivity contribution in [1.82, 2.24) is 0 Å². The number of Topliss-reactive ketones (excluding diaryl/α,β-unsaturated/α-hetero) is 1. The predicted molar refractivity (Wildman–Crippen MR) is 117 cm³/mol. The maximum atomic E-state index is 11.1. The van der Waals surface area contributed by atoms with E-state index in [-0.39, 0.29) is 5.97 Å². The van der Waals surface area contributed by atoms with Crippen LogP contribution >= 0.6 is 0 Å². The van der Waals surface area contributed by atoms with Gasteiger partial charge in [0.05, 0.1) is 7.11 Å². The maximum Gasteiger partial charge on any atom is 0.305 e. The minimum atomic E-state index is -0.121. The Kier molecular flexibility index (Phi) is 13.0. The molecule has 2 unspecified atom stereocenters. The summed E-state index contributed by atoms with van der Waals surface area (Å²) in [5.74, 6) is 1.43. The number of rotatable bonds is 9. The van der Waals surface area contributed by atoms with Crippen LogP contribution in [0.2, 0.25) is 0 Å². The fraction of sp³-hybridized carbons (Fsp3) is 0.600. The summed E-state index contributed by atoms with van der Waals surface area (Å²) < 4.78 is 4.47. The zero-order valence-corrected chi connectivity index (χ0v) is 18.0. The molecule has 0 saturated heterocycles. The monoisotopic (exact) mass is 386 g/mol. The number of unbranched alkanes of at least 4 members (excludes halogenated alkanes) is 1. The molecule has 0 amide bonds. The third kappa shape index (κ3) is 11.7. The molecule has 2 rings (SSSR count). The molecule has 0 aromatic carbocycles. The van der Waals surface area contributed by atoms with Crippen LogP contribution in [0.15, 0.2) is 48.1 Å². The molecule has 0 aliphatic heterocycles. The van der Waals surface area contributed by atoms with Crippen LogP contribution in [-0.2, 0) is 14.3 Å². The molecule has 2 aliphatic rings. The molecular weight excluding hydrogens is 348 g/mol. The molecule has 1 fully saturated rings. The van der Waals surface area contributed by atoms with E-state index < -0.39 is 0 Å². The Morgan fingerprint density at radius 1 is 1.32 bits per heavy atom. The highest BCUT2D eigenvalue weighted by Crippen LogP contribution is 2.24. The van der Waals surface area contributed by atoms with Gasteiger partial charge in [0.2, 0.25) is 0 Å². The summed E-state index contributed by atoms with van der Waals surface area (Å²) in [6.07, 6.45) is 25.4. The van der Waals surface area contributed by atoms with Gasteiger partial charge in [-0.25, -0.2) is 0 Å². The van der Waals surface area contributed by atoms with E-state index in [2.05, 4.69) is 42.0 Å². The molecule has 156 valence electrons. The summed E-state index contributed by atoms with van der Waals surface area (Å²) in [6.45, 7) is 4.23. The highest BCUT2D eigenvalue weighted by Gasteiger charge is 2.19. The summed E-state index contributed by atoms with van der Waals surface area (Å²) in [6, 6.07) is 0. The number of carbonyl (C=O) groups is 2. The second-order valence-corrected chi connectivity index (χ2v) is 7.75. The Morgan fingerprint density at radius 2 is 2.14 bits per heavy atom. The normalized spacial score (nSPS) is 20.6. The van der Waals surface area contributed by atoms with Crippen molar-refractivity contribution in [2.24, 2.45) is 11.8 Å². The van der Waals surface area contributed by atoms with E-state index in [1.807, 2.05) is 19.1 Å². The van der Waals surface area contributed by atoms with Gasteiger partial charge in [0, 0.05) is 19.3 Å². The summed E-state index contributed by atoms with van der Waals surface area (Å²) in [7, 11) is 1.41. The van der Waals surface area contributed by atoms with Gasteiger partial charge in [-0.05, 0) is 63.7 Å². The smallest absolute Gasteiger partial charge is 0.305 e. The lowest BCUT2D eigenvalue weighted by Gasteiger charge is -2.03. The molecule has 3 heteroatoms. The first-order valence-electron chi connectivity index (χ1n) is 10.8. The van der Waals surface area contributed by atoms with E-state index in [1.54, 1.807) is 0 Å². The lowest BCUT2D eigenvalue weighted by Crippen LogP contribution is -1.98. The van der Waals surface area contributed by atoms with Crippen LogP contribution in [0, 0.1) is 11.8 Å². The topological polar surface area (TPSA) is 43.4 Å². The van der Waals surface area contributed by atoms with Crippen molar-refractivity contribution in [3.05, 3.63) is 48.1 Å². The van der Waals surface area contributed by atoms with Gasteiger partial charge in [-0.2, -0.15) is 0 Å². The molecule has 2 atom stereocenters. The third-order valence-corrected chi connectivity index (χ3v) is 5.13. The Labute approximate surface area is 171 Å². The molecule has 0 spiro atoms. The van der Waals surface area contributed by atoms with E-state index in [4.69, 9.17) is 0 Å². The maximum absolute atomic E-state index is 11.1. The molecule has 0 bridgehead atoms. The first-order chi connectivity index (χ1) is 13.5. The largest absolute Gasteiger partial charge is 0.469 e. The number of carbonyl (C=O) groups excluding carboxylic acids is 2. The van der Waals surface area contributed by atoms with E-state index >= 15 is 0 Å². The summed E-state index contributed by atoms with van der Waals surface area (Å²) >= 11 is 0. The average molecular weight is 387 g/mol. The van der Waals surface area contributed by atoms with Gasteiger partial charge in [-0.15, -0.1) is 0 Å². The van der Waals surface area contributed by atoms with Crippen molar-refractivity contribution < 1.29 is 14.3 Å². The number of ketones is 1. The van der Waals surface area contributed by atoms with Crippen LogP contribution in [-0.4, -0.2) is 18.9 Å². The zero-order chi connectivity index (χ0) is 20.6. The molecule has 0 aromatic rings. The van der Waals surface area contributed by atoms with Crippen molar-refractivity contribution >= 4 is 11.8 Å². The van der Waals surface area contributed by atoms with Crippen molar-refractivity contribution in [3.63, 3.8) is 0 Å². The van der Waals surface area contributed by atoms with Crippen LogP contribution in [0.1, 0.15) is 78.1 Å². The Bertz CT molecular complexity index is 581. The second kappa shape index (κ2) is 15.1. The van der Waals surface area contributed by atoms with Crippen LogP contribution in [0.4, 0.5) is 0 Å². The van der Waals surface area contributed by atoms with Crippen LogP contribution in [0.25, 0.3) is 0 Å². The molecule has 0 N–H and O–H groups in total. The van der Waals surface area contributed by atoms with Crippen LogP contribution in [0.5, 0.6) is 0 Å². The molecular formula is C25H38O3. The lowest BCUT2D eigenvalue weighted by molar-refractivity contribution is -0.140. The molecule has 3 nitrogen and oxygen atoms in total. The molecule has 1 saturated carbocycles. The fourth-order valence-electron chi connectivity index (χ4n) is 3.34. The van der Waals surface area contributed by atoms with Gasteiger partial charge >= 0.3 is 5.97 Å². The van der Waals surface area contributed by atoms with E-state index in [1.165, 1.54) is 31.9 Å². The predicted octanol–water partition coefficient (Wildman–Crippen LogP) is 6.51. The summed E-state index contributed by atoms with van der Waals surface area (Å²) in [5, 5.41) is 0. The number of allylic oxidation sites excluding steroid dienone is 8. The van der Waals surface area contributed by atoms with Crippen molar-refractivity contribution in [1.29, 1.82) is 0 Å². The molecule has 0 radical (unpaired) electrons. The first-order valence-corrected chi connectivity index (χ1v) is 10.8. The van der Waals surface area contributed by atoms with E-state index in [0.29, 0.717) is 24.0 Å².